The zero-order valence-corrected chi connectivity index (χ0v) is 18.4. The topological polar surface area (TPSA) is 89.1 Å². The van der Waals surface area contributed by atoms with Crippen molar-refractivity contribution in [1.82, 2.24) is 19.4 Å². The maximum atomic E-state index is 12.6. The van der Waals surface area contributed by atoms with Crippen molar-refractivity contribution in [2.75, 3.05) is 25.0 Å². The van der Waals surface area contributed by atoms with Crippen molar-refractivity contribution in [2.24, 2.45) is 5.73 Å². The summed E-state index contributed by atoms with van der Waals surface area (Å²) < 4.78 is 2.06. The maximum absolute atomic E-state index is 12.6. The molecule has 1 amide bonds. The van der Waals surface area contributed by atoms with Crippen LogP contribution in [0.3, 0.4) is 0 Å². The summed E-state index contributed by atoms with van der Waals surface area (Å²) >= 11 is 1.39. The molecule has 0 aliphatic carbocycles. The summed E-state index contributed by atoms with van der Waals surface area (Å²) in [6.07, 6.45) is 0. The smallest absolute Gasteiger partial charge is 0.277 e. The number of anilines is 1. The van der Waals surface area contributed by atoms with E-state index in [1.54, 1.807) is 5.38 Å². The molecule has 2 heterocycles. The zero-order chi connectivity index (χ0) is 18.5. The number of amides is 1. The molecule has 3 aromatic rings. The van der Waals surface area contributed by atoms with Gasteiger partial charge in [-0.1, -0.05) is 26.0 Å². The number of nitrogens with two attached hydrogens (primary N) is 1. The molecule has 0 unspecified atom stereocenters. The number of carbonyl (C=O) groups excluding carboxylic acids is 1. The lowest BCUT2D eigenvalue weighted by atomic mass is 10.3. The van der Waals surface area contributed by atoms with Gasteiger partial charge >= 0.3 is 0 Å². The summed E-state index contributed by atoms with van der Waals surface area (Å²) in [6.45, 7) is 8.26. The lowest BCUT2D eigenvalue weighted by Gasteiger charge is -2.19. The minimum atomic E-state index is -0.264. The van der Waals surface area contributed by atoms with Crippen LogP contribution in [0.15, 0.2) is 29.6 Å². The zero-order valence-electron chi connectivity index (χ0n) is 15.9. The Morgan fingerprint density at radius 1 is 1.21 bits per heavy atom. The van der Waals surface area contributed by atoms with Crippen LogP contribution in [0.4, 0.5) is 5.95 Å². The number of aromatic nitrogens is 3. The first-order valence-electron chi connectivity index (χ1n) is 8.79. The largest absolute Gasteiger partial charge is 0.325 e. The molecule has 0 aliphatic heterocycles. The molecule has 0 atom stereocenters. The number of halogens is 2. The summed E-state index contributed by atoms with van der Waals surface area (Å²) in [5, 5.41) is 5.37. The van der Waals surface area contributed by atoms with Gasteiger partial charge in [-0.15, -0.1) is 36.2 Å². The van der Waals surface area contributed by atoms with Crippen LogP contribution in [0.2, 0.25) is 0 Å². The normalized spacial score (nSPS) is 10.6. The predicted octanol–water partition coefficient (Wildman–Crippen LogP) is 3.39. The average Bonchev–Trinajstić information content (AvgIpc) is 3.27. The summed E-state index contributed by atoms with van der Waals surface area (Å²) in [7, 11) is 0. The highest BCUT2D eigenvalue weighted by molar-refractivity contribution is 7.09. The first-order valence-corrected chi connectivity index (χ1v) is 9.67. The fourth-order valence-electron chi connectivity index (χ4n) is 2.85. The number of fused-ring (bicyclic) bond motifs is 1. The fraction of sp³-hybridized carbons (Fsp3) is 0.389. The Labute approximate surface area is 181 Å². The number of benzene rings is 1. The fourth-order valence-corrected chi connectivity index (χ4v) is 3.51. The van der Waals surface area contributed by atoms with Gasteiger partial charge in [0.1, 0.15) is 10.7 Å². The quantitative estimate of drug-likeness (QED) is 0.555. The molecule has 3 N–H and O–H groups in total. The number of nitrogens with one attached hydrogen (secondary N) is 1. The number of thiazole rings is 1. The average molecular weight is 445 g/mol. The monoisotopic (exact) mass is 444 g/mol. The van der Waals surface area contributed by atoms with Crippen LogP contribution >= 0.6 is 36.2 Å². The molecule has 28 heavy (non-hydrogen) atoms. The van der Waals surface area contributed by atoms with Gasteiger partial charge in [0.15, 0.2) is 0 Å². The molecule has 0 saturated carbocycles. The van der Waals surface area contributed by atoms with Crippen molar-refractivity contribution in [3.05, 3.63) is 40.3 Å². The molecule has 0 bridgehead atoms. The molecule has 154 valence electrons. The summed E-state index contributed by atoms with van der Waals surface area (Å²) in [6, 6.07) is 7.91. The van der Waals surface area contributed by atoms with Gasteiger partial charge in [0.25, 0.3) is 5.91 Å². The van der Waals surface area contributed by atoms with E-state index in [2.05, 4.69) is 38.6 Å². The van der Waals surface area contributed by atoms with Gasteiger partial charge in [-0.3, -0.25) is 10.1 Å². The Hall–Kier alpha value is -1.71. The SMILES string of the molecule is CCN(CC)CCn1c(NC(=O)c2csc(CN)n2)nc2ccccc21.Cl.Cl. The van der Waals surface area contributed by atoms with Crippen LogP contribution in [-0.2, 0) is 13.1 Å². The Morgan fingerprint density at radius 2 is 1.93 bits per heavy atom. The van der Waals surface area contributed by atoms with Gasteiger partial charge in [-0.2, -0.15) is 0 Å². The number of likely N-dealkylation sites (N-methyl/N-ethyl adjacent to an activating group) is 1. The Morgan fingerprint density at radius 3 is 2.57 bits per heavy atom. The molecular formula is C18H26Cl2N6OS. The molecule has 0 saturated heterocycles. The highest BCUT2D eigenvalue weighted by Gasteiger charge is 2.16. The van der Waals surface area contributed by atoms with Crippen LogP contribution in [0, 0.1) is 0 Å². The van der Waals surface area contributed by atoms with Crippen molar-refractivity contribution in [2.45, 2.75) is 26.9 Å². The van der Waals surface area contributed by atoms with E-state index in [4.69, 9.17) is 5.73 Å². The Bertz CT molecular complexity index is 893. The summed E-state index contributed by atoms with van der Waals surface area (Å²) in [5.74, 6) is 0.283. The molecule has 2 aromatic heterocycles. The number of hydrogen-bond acceptors (Lipinski definition) is 6. The molecule has 0 aliphatic rings. The highest BCUT2D eigenvalue weighted by atomic mass is 35.5. The third-order valence-electron chi connectivity index (χ3n) is 4.37. The molecule has 0 spiro atoms. The minimum Gasteiger partial charge on any atom is -0.325 e. The second-order valence-electron chi connectivity index (χ2n) is 5.89. The summed E-state index contributed by atoms with van der Waals surface area (Å²) in [4.78, 5) is 23.7. The third-order valence-corrected chi connectivity index (χ3v) is 5.24. The van der Waals surface area contributed by atoms with Crippen LogP contribution in [0.1, 0.15) is 29.3 Å². The number of imidazole rings is 1. The molecule has 7 nitrogen and oxygen atoms in total. The molecule has 0 fully saturated rings. The number of nitrogens with zero attached hydrogens (tertiary/aromatic N) is 4. The van der Waals surface area contributed by atoms with Crippen molar-refractivity contribution >= 4 is 59.0 Å². The van der Waals surface area contributed by atoms with Gasteiger partial charge in [-0.05, 0) is 25.2 Å². The third kappa shape index (κ3) is 5.42. The van der Waals surface area contributed by atoms with E-state index < -0.39 is 0 Å². The lowest BCUT2D eigenvalue weighted by Crippen LogP contribution is -2.27. The van der Waals surface area contributed by atoms with Crippen molar-refractivity contribution in [1.29, 1.82) is 0 Å². The van der Waals surface area contributed by atoms with E-state index in [1.165, 1.54) is 11.3 Å². The van der Waals surface area contributed by atoms with Crippen LogP contribution < -0.4 is 11.1 Å². The van der Waals surface area contributed by atoms with Gasteiger partial charge in [-0.25, -0.2) is 9.97 Å². The van der Waals surface area contributed by atoms with Gasteiger partial charge in [0, 0.05) is 25.0 Å². The molecule has 1 aromatic carbocycles. The van der Waals surface area contributed by atoms with Gasteiger partial charge in [0.05, 0.1) is 11.0 Å². The van der Waals surface area contributed by atoms with Crippen molar-refractivity contribution < 1.29 is 4.79 Å². The molecule has 10 heteroatoms. The van der Waals surface area contributed by atoms with Crippen LogP contribution in [0.5, 0.6) is 0 Å². The number of hydrogen-bond donors (Lipinski definition) is 2. The van der Waals surface area contributed by atoms with E-state index in [-0.39, 0.29) is 30.7 Å². The van der Waals surface area contributed by atoms with E-state index in [0.717, 1.165) is 42.2 Å². The van der Waals surface area contributed by atoms with Crippen molar-refractivity contribution in [3.63, 3.8) is 0 Å². The first kappa shape index (κ1) is 24.3. The van der Waals surface area contributed by atoms with Crippen LogP contribution in [-0.4, -0.2) is 45.0 Å². The second-order valence-corrected chi connectivity index (χ2v) is 6.83. The van der Waals surface area contributed by atoms with Gasteiger partial charge < -0.3 is 15.2 Å². The van der Waals surface area contributed by atoms with Crippen LogP contribution in [0.25, 0.3) is 11.0 Å². The highest BCUT2D eigenvalue weighted by Crippen LogP contribution is 2.20. The minimum absolute atomic E-state index is 0. The predicted molar refractivity (Wildman–Crippen MR) is 120 cm³/mol. The first-order chi connectivity index (χ1) is 12.7. The summed E-state index contributed by atoms with van der Waals surface area (Å²) in [5.41, 5.74) is 7.83. The maximum Gasteiger partial charge on any atom is 0.277 e. The van der Waals surface area contributed by atoms with E-state index >= 15 is 0 Å². The number of rotatable bonds is 8. The Kier molecular flexibility index (Phi) is 9.84. The van der Waals surface area contributed by atoms with E-state index in [0.29, 0.717) is 18.2 Å². The van der Waals surface area contributed by atoms with Gasteiger partial charge in [0.2, 0.25) is 5.95 Å². The molecule has 3 rings (SSSR count). The lowest BCUT2D eigenvalue weighted by molar-refractivity contribution is 0.102. The molecule has 0 radical (unpaired) electrons. The molecular weight excluding hydrogens is 419 g/mol. The van der Waals surface area contributed by atoms with E-state index in [9.17, 15) is 4.79 Å². The Balaban J connectivity index is 0.00000196. The van der Waals surface area contributed by atoms with E-state index in [1.807, 2.05) is 24.3 Å². The second kappa shape index (κ2) is 11.3. The standard InChI is InChI=1S/C18H24N6OS.2ClH/c1-3-23(4-2)9-10-24-15-8-6-5-7-13(15)21-18(24)22-17(25)14-12-26-16(11-19)20-14;;/h5-8,12H,3-4,9-11,19H2,1-2H3,(H,21,22,25);2*1H. The number of carbonyl (C=O) groups is 1. The number of para-hydroxylation sites is 2. The van der Waals surface area contributed by atoms with Crippen molar-refractivity contribution in [3.8, 4) is 0 Å².